The van der Waals surface area contributed by atoms with E-state index >= 15 is 0 Å². The Bertz CT molecular complexity index is 604. The number of nitrogens with one attached hydrogen (secondary N) is 2. The molecule has 1 saturated carbocycles. The van der Waals surface area contributed by atoms with Crippen molar-refractivity contribution in [3.8, 4) is 0 Å². The molecule has 0 aliphatic heterocycles. The summed E-state index contributed by atoms with van der Waals surface area (Å²) in [6.07, 6.45) is 5.96. The molecule has 5 heteroatoms. The molecule has 2 N–H and O–H groups in total. The number of benzene rings is 1. The highest BCUT2D eigenvalue weighted by molar-refractivity contribution is 7.80. The van der Waals surface area contributed by atoms with Crippen molar-refractivity contribution in [2.75, 3.05) is 5.32 Å². The van der Waals surface area contributed by atoms with Crippen LogP contribution in [0.3, 0.4) is 0 Å². The van der Waals surface area contributed by atoms with Crippen LogP contribution >= 0.6 is 12.2 Å². The van der Waals surface area contributed by atoms with Crippen LogP contribution in [0.1, 0.15) is 31.4 Å². The molecule has 0 saturated heterocycles. The van der Waals surface area contributed by atoms with Crippen molar-refractivity contribution in [3.05, 3.63) is 54.2 Å². The minimum Gasteiger partial charge on any atom is -0.467 e. The Labute approximate surface area is 128 Å². The lowest BCUT2D eigenvalue weighted by atomic mass is 9.94. The quantitative estimate of drug-likeness (QED) is 0.834. The van der Waals surface area contributed by atoms with Crippen LogP contribution in [0.25, 0.3) is 0 Å². The van der Waals surface area contributed by atoms with Crippen LogP contribution in [0, 0.1) is 5.82 Å². The van der Waals surface area contributed by atoms with Crippen molar-refractivity contribution in [2.24, 2.45) is 0 Å². The summed E-state index contributed by atoms with van der Waals surface area (Å²) >= 11 is 5.39. The van der Waals surface area contributed by atoms with Crippen LogP contribution < -0.4 is 10.6 Å². The Hall–Kier alpha value is -1.88. The zero-order chi connectivity index (χ0) is 14.7. The monoisotopic (exact) mass is 304 g/mol. The van der Waals surface area contributed by atoms with Gasteiger partial charge in [0.05, 0.1) is 11.8 Å². The molecule has 1 heterocycles. The molecule has 0 unspecified atom stereocenters. The number of hydrogen-bond donors (Lipinski definition) is 2. The average Bonchev–Trinajstić information content (AvgIpc) is 3.12. The van der Waals surface area contributed by atoms with Gasteiger partial charge in [0.15, 0.2) is 5.11 Å². The van der Waals surface area contributed by atoms with E-state index in [0.717, 1.165) is 37.1 Å². The van der Waals surface area contributed by atoms with Gasteiger partial charge in [0.2, 0.25) is 0 Å². The molecule has 3 nitrogen and oxygen atoms in total. The normalized spacial score (nSPS) is 16.6. The average molecular weight is 304 g/mol. The Morgan fingerprint density at radius 2 is 1.86 bits per heavy atom. The summed E-state index contributed by atoms with van der Waals surface area (Å²) in [6, 6.07) is 10.0. The predicted octanol–water partition coefficient (Wildman–Crippen LogP) is 4.17. The van der Waals surface area contributed by atoms with Gasteiger partial charge in [0, 0.05) is 5.69 Å². The van der Waals surface area contributed by atoms with Crippen molar-refractivity contribution in [1.82, 2.24) is 5.32 Å². The lowest BCUT2D eigenvalue weighted by Gasteiger charge is -2.29. The number of thiocarbonyl (C=S) groups is 1. The van der Waals surface area contributed by atoms with Gasteiger partial charge in [-0.1, -0.05) is 12.8 Å². The molecule has 1 aliphatic carbocycles. The van der Waals surface area contributed by atoms with Crippen molar-refractivity contribution in [3.63, 3.8) is 0 Å². The molecule has 0 amide bonds. The Morgan fingerprint density at radius 1 is 1.14 bits per heavy atom. The van der Waals surface area contributed by atoms with Gasteiger partial charge in [-0.15, -0.1) is 0 Å². The van der Waals surface area contributed by atoms with Gasteiger partial charge in [0.1, 0.15) is 11.6 Å². The van der Waals surface area contributed by atoms with Crippen LogP contribution in [0.2, 0.25) is 0 Å². The van der Waals surface area contributed by atoms with E-state index in [1.165, 1.54) is 12.1 Å². The van der Waals surface area contributed by atoms with Crippen LogP contribution in [0.5, 0.6) is 0 Å². The molecule has 0 spiro atoms. The second-order valence-electron chi connectivity index (χ2n) is 5.35. The lowest BCUT2D eigenvalue weighted by Crippen LogP contribution is -2.45. The smallest absolute Gasteiger partial charge is 0.171 e. The van der Waals surface area contributed by atoms with E-state index in [1.807, 2.05) is 12.1 Å². The number of halogens is 1. The summed E-state index contributed by atoms with van der Waals surface area (Å²) in [4.78, 5) is 0. The fourth-order valence-corrected chi connectivity index (χ4v) is 3.19. The molecule has 0 bridgehead atoms. The molecule has 0 atom stereocenters. The summed E-state index contributed by atoms with van der Waals surface area (Å²) in [5.74, 6) is 0.658. The van der Waals surface area contributed by atoms with E-state index in [0.29, 0.717) is 5.11 Å². The minimum absolute atomic E-state index is 0.229. The van der Waals surface area contributed by atoms with Gasteiger partial charge >= 0.3 is 0 Å². The van der Waals surface area contributed by atoms with Gasteiger partial charge in [-0.25, -0.2) is 4.39 Å². The van der Waals surface area contributed by atoms with Gasteiger partial charge in [-0.05, 0) is 61.5 Å². The fourth-order valence-electron chi connectivity index (χ4n) is 2.88. The van der Waals surface area contributed by atoms with Gasteiger partial charge in [0.25, 0.3) is 0 Å². The van der Waals surface area contributed by atoms with Crippen molar-refractivity contribution < 1.29 is 8.81 Å². The van der Waals surface area contributed by atoms with Crippen LogP contribution in [0.15, 0.2) is 47.1 Å². The third-order valence-corrected chi connectivity index (χ3v) is 4.11. The highest BCUT2D eigenvalue weighted by atomic mass is 32.1. The number of furan rings is 1. The Morgan fingerprint density at radius 3 is 2.48 bits per heavy atom. The highest BCUT2D eigenvalue weighted by Gasteiger charge is 2.38. The first-order valence-electron chi connectivity index (χ1n) is 7.07. The maximum atomic E-state index is 12.9. The second kappa shape index (κ2) is 5.85. The zero-order valence-electron chi connectivity index (χ0n) is 11.6. The maximum absolute atomic E-state index is 12.9. The molecule has 2 aromatic rings. The Kier molecular flexibility index (Phi) is 3.92. The molecule has 0 radical (unpaired) electrons. The minimum atomic E-state index is -0.262. The van der Waals surface area contributed by atoms with E-state index < -0.39 is 0 Å². The first-order valence-corrected chi connectivity index (χ1v) is 7.47. The summed E-state index contributed by atoms with van der Waals surface area (Å²) in [6.45, 7) is 0. The summed E-state index contributed by atoms with van der Waals surface area (Å²) in [7, 11) is 0. The van der Waals surface area contributed by atoms with Crippen LogP contribution in [-0.2, 0) is 5.54 Å². The van der Waals surface area contributed by atoms with E-state index in [-0.39, 0.29) is 11.4 Å². The molecule has 1 fully saturated rings. The molecule has 3 rings (SSSR count). The maximum Gasteiger partial charge on any atom is 0.171 e. The standard InChI is InChI=1S/C16H17FN2OS/c17-12-5-7-13(8-6-12)18-15(21)19-16(9-1-2-10-16)14-4-3-11-20-14/h3-8,11H,1-2,9-10H2,(H2,18,19,21). The van der Waals surface area contributed by atoms with E-state index in [4.69, 9.17) is 16.6 Å². The molecule has 21 heavy (non-hydrogen) atoms. The SMILES string of the molecule is Fc1ccc(NC(=S)NC2(c3ccco3)CCCC2)cc1. The number of rotatable bonds is 3. The van der Waals surface area contributed by atoms with Crippen LogP contribution in [0.4, 0.5) is 10.1 Å². The van der Waals surface area contributed by atoms with Gasteiger partial charge in [-0.3, -0.25) is 0 Å². The zero-order valence-corrected chi connectivity index (χ0v) is 12.4. The first-order chi connectivity index (χ1) is 10.2. The van der Waals surface area contributed by atoms with Gasteiger partial charge < -0.3 is 15.1 Å². The lowest BCUT2D eigenvalue weighted by molar-refractivity contribution is 0.317. The molecular weight excluding hydrogens is 287 g/mol. The molecular formula is C16H17FN2OS. The largest absolute Gasteiger partial charge is 0.467 e. The van der Waals surface area contributed by atoms with Crippen molar-refractivity contribution >= 4 is 23.0 Å². The van der Waals surface area contributed by atoms with E-state index in [9.17, 15) is 4.39 Å². The molecule has 1 aliphatic rings. The summed E-state index contributed by atoms with van der Waals surface area (Å²) in [5.41, 5.74) is 0.537. The first kappa shape index (κ1) is 14.1. The second-order valence-corrected chi connectivity index (χ2v) is 5.76. The van der Waals surface area contributed by atoms with E-state index in [1.54, 1.807) is 18.4 Å². The van der Waals surface area contributed by atoms with Crippen molar-refractivity contribution in [1.29, 1.82) is 0 Å². The summed E-state index contributed by atoms with van der Waals surface area (Å²) in [5, 5.41) is 7.01. The van der Waals surface area contributed by atoms with Crippen LogP contribution in [-0.4, -0.2) is 5.11 Å². The summed E-state index contributed by atoms with van der Waals surface area (Å²) < 4.78 is 18.5. The third kappa shape index (κ3) is 3.08. The van der Waals surface area contributed by atoms with Crippen molar-refractivity contribution in [2.45, 2.75) is 31.2 Å². The Balaban J connectivity index is 1.71. The highest BCUT2D eigenvalue weighted by Crippen LogP contribution is 2.39. The molecule has 1 aromatic carbocycles. The number of anilines is 1. The van der Waals surface area contributed by atoms with E-state index in [2.05, 4.69) is 10.6 Å². The third-order valence-electron chi connectivity index (χ3n) is 3.90. The molecule has 110 valence electrons. The fraction of sp³-hybridized carbons (Fsp3) is 0.312. The van der Waals surface area contributed by atoms with Gasteiger partial charge in [-0.2, -0.15) is 0 Å². The topological polar surface area (TPSA) is 37.2 Å². The predicted molar refractivity (Wildman–Crippen MR) is 84.6 cm³/mol. The molecule has 1 aromatic heterocycles. The number of hydrogen-bond acceptors (Lipinski definition) is 2.